The van der Waals surface area contributed by atoms with Gasteiger partial charge in [-0.1, -0.05) is 290 Å². The summed E-state index contributed by atoms with van der Waals surface area (Å²) in [6, 6.07) is 86.2. The minimum absolute atomic E-state index is 0.153. The molecule has 584 valence electrons. The molecule has 22 heteroatoms. The van der Waals surface area contributed by atoms with E-state index in [4.69, 9.17) is 53.7 Å². The fraction of sp³-hybridized carbons (Fsp3) is 0.356. The van der Waals surface area contributed by atoms with Crippen molar-refractivity contribution >= 4 is 24.2 Å². The summed E-state index contributed by atoms with van der Waals surface area (Å²) in [7, 11) is 0. The minimum Gasteiger partial charge on any atom is -0.460 e. The fourth-order valence-corrected chi connectivity index (χ4v) is 13.6. The van der Waals surface area contributed by atoms with Crippen LogP contribution in [0.1, 0.15) is 109 Å². The minimum atomic E-state index is -0.492. The smallest absolute Gasteiger partial charge is 0.410 e. The zero-order valence-electron chi connectivity index (χ0n) is 63.9. The molecule has 3 fully saturated rings. The molecule has 112 heavy (non-hydrogen) atoms. The van der Waals surface area contributed by atoms with Gasteiger partial charge in [0.1, 0.15) is 25.9 Å². The number of carbonyl (C=O) groups is 4. The van der Waals surface area contributed by atoms with Crippen molar-refractivity contribution < 1.29 is 61.8 Å². The number of ether oxygens (including phenoxy) is 9. The van der Waals surface area contributed by atoms with Gasteiger partial charge in [0.25, 0.3) is 0 Å². The van der Waals surface area contributed by atoms with Crippen molar-refractivity contribution in [2.24, 2.45) is 16.1 Å². The number of rotatable bonds is 32. The maximum Gasteiger partial charge on any atom is 0.410 e. The molecule has 0 aromatic heterocycles. The van der Waals surface area contributed by atoms with Crippen LogP contribution in [0.2, 0.25) is 0 Å². The van der Waals surface area contributed by atoms with Gasteiger partial charge in [0.15, 0.2) is 0 Å². The number of nitrogens with zero attached hydrogens (tertiary/aromatic N) is 9. The van der Waals surface area contributed by atoms with Crippen LogP contribution in [0.15, 0.2) is 283 Å². The number of hydrogen-bond acceptors (Lipinski definition) is 15. The third-order valence-corrected chi connectivity index (χ3v) is 19.9. The Hall–Kier alpha value is -11.3. The molecule has 3 aliphatic heterocycles. The standard InChI is InChI=1S/2C30H34N4O4.C30H33NO5/c2*1-23-27(32-33-31)17-18-29(38-23)28(22-36-20-25-13-7-3-8-14-25)34(19-24-11-5-2-6-12-24)30(35)37-21-26-15-9-4-10-16-26;1-23-17-18-28(36-29(23)32)27(22-34-20-25-13-7-3-8-14-25)31(19-24-11-5-2-6-12-24)30(33)35-21-26-15-9-4-10-16-26/h2*2-16,23,27-29H,17-22H2,1H3;2-16,23,27-28H,17-22H2,1H3/t23?,27-,28+,29+;23?,27-,28-,29-;23?,27-,28-/m100/s1. The predicted molar refractivity (Wildman–Crippen MR) is 427 cm³/mol. The second-order valence-corrected chi connectivity index (χ2v) is 28.1. The van der Waals surface area contributed by atoms with E-state index in [-0.39, 0.29) is 88.0 Å². The Labute approximate surface area is 656 Å². The molecule has 0 bridgehead atoms. The summed E-state index contributed by atoms with van der Waals surface area (Å²) in [5.41, 5.74) is 26.6. The summed E-state index contributed by atoms with van der Waals surface area (Å²) < 4.78 is 54.3. The Morgan fingerprint density at radius 3 is 0.848 bits per heavy atom. The number of carbonyl (C=O) groups excluding carboxylic acids is 4. The molecule has 3 heterocycles. The summed E-state index contributed by atoms with van der Waals surface area (Å²) in [5.74, 6) is -0.392. The molecular weight excluding hydrogens is 1420 g/mol. The summed E-state index contributed by atoms with van der Waals surface area (Å²) in [5, 5.41) is 7.78. The zero-order chi connectivity index (χ0) is 78.3. The Morgan fingerprint density at radius 2 is 0.598 bits per heavy atom. The first-order valence-corrected chi connectivity index (χ1v) is 38.4. The lowest BCUT2D eigenvalue weighted by Gasteiger charge is -2.41. The van der Waals surface area contributed by atoms with Crippen molar-refractivity contribution in [1.29, 1.82) is 0 Å². The molecule has 12 rings (SSSR count). The average molecular weight is 1520 g/mol. The molecule has 0 N–H and O–H groups in total. The van der Waals surface area contributed by atoms with E-state index in [2.05, 4.69) is 20.1 Å². The Kier molecular flexibility index (Phi) is 34.0. The normalized spacial score (nSPS) is 19.2. The third-order valence-electron chi connectivity index (χ3n) is 19.9. The molecule has 3 aliphatic rings. The molecule has 22 nitrogen and oxygen atoms in total. The van der Waals surface area contributed by atoms with E-state index in [1.54, 1.807) is 14.7 Å². The molecule has 0 aliphatic carbocycles. The summed E-state index contributed by atoms with van der Waals surface area (Å²) >= 11 is 0. The Bertz CT molecular complexity index is 4130. The maximum atomic E-state index is 13.6. The van der Waals surface area contributed by atoms with E-state index in [9.17, 15) is 19.2 Å². The van der Waals surface area contributed by atoms with Crippen LogP contribution in [0.25, 0.3) is 20.9 Å². The third kappa shape index (κ3) is 27.0. The Morgan fingerprint density at radius 1 is 0.357 bits per heavy atom. The van der Waals surface area contributed by atoms with Crippen LogP contribution in [0, 0.1) is 5.92 Å². The second-order valence-electron chi connectivity index (χ2n) is 28.1. The van der Waals surface area contributed by atoms with Crippen molar-refractivity contribution in [3.05, 3.63) is 344 Å². The molecule has 9 aromatic rings. The van der Waals surface area contributed by atoms with E-state index in [0.717, 1.165) is 50.1 Å². The van der Waals surface area contributed by atoms with Gasteiger partial charge in [-0.3, -0.25) is 19.5 Å². The molecule has 9 aromatic carbocycles. The van der Waals surface area contributed by atoms with Crippen molar-refractivity contribution in [3.8, 4) is 0 Å². The molecule has 0 spiro atoms. The van der Waals surface area contributed by atoms with Crippen LogP contribution in [0.4, 0.5) is 14.4 Å². The lowest BCUT2D eigenvalue weighted by Crippen LogP contribution is -2.53. The zero-order valence-corrected chi connectivity index (χ0v) is 63.9. The van der Waals surface area contributed by atoms with Crippen LogP contribution >= 0.6 is 0 Å². The van der Waals surface area contributed by atoms with E-state index in [1.165, 1.54) is 0 Å². The van der Waals surface area contributed by atoms with E-state index < -0.39 is 42.5 Å². The van der Waals surface area contributed by atoms with Gasteiger partial charge < -0.3 is 42.6 Å². The molecule has 3 saturated heterocycles. The highest BCUT2D eigenvalue weighted by Crippen LogP contribution is 2.32. The van der Waals surface area contributed by atoms with Crippen LogP contribution < -0.4 is 0 Å². The van der Waals surface area contributed by atoms with Crippen LogP contribution in [0.5, 0.6) is 0 Å². The van der Waals surface area contributed by atoms with E-state index >= 15 is 0 Å². The van der Waals surface area contributed by atoms with Gasteiger partial charge in [-0.2, -0.15) is 0 Å². The van der Waals surface area contributed by atoms with E-state index in [0.29, 0.717) is 78.0 Å². The first-order chi connectivity index (χ1) is 54.9. The summed E-state index contributed by atoms with van der Waals surface area (Å²) in [6.07, 6.45) is 0.989. The fourth-order valence-electron chi connectivity index (χ4n) is 13.6. The molecule has 3 unspecified atom stereocenters. The van der Waals surface area contributed by atoms with Crippen molar-refractivity contribution in [2.45, 2.75) is 179 Å². The van der Waals surface area contributed by atoms with Gasteiger partial charge in [0, 0.05) is 29.5 Å². The summed E-state index contributed by atoms with van der Waals surface area (Å²) in [6.45, 7) is 9.18. The quantitative estimate of drug-likeness (QED) is 0.0125. The van der Waals surface area contributed by atoms with Gasteiger partial charge in [-0.25, -0.2) is 14.4 Å². The van der Waals surface area contributed by atoms with E-state index in [1.807, 2.05) is 294 Å². The highest BCUT2D eigenvalue weighted by atomic mass is 16.6. The second kappa shape index (κ2) is 45.7. The van der Waals surface area contributed by atoms with Gasteiger partial charge in [0.2, 0.25) is 0 Å². The van der Waals surface area contributed by atoms with Gasteiger partial charge in [-0.15, -0.1) is 0 Å². The summed E-state index contributed by atoms with van der Waals surface area (Å²) in [4.78, 5) is 64.2. The largest absolute Gasteiger partial charge is 0.460 e. The lowest BCUT2D eigenvalue weighted by atomic mass is 9.95. The van der Waals surface area contributed by atoms with Gasteiger partial charge in [0.05, 0.1) is 100 Å². The topological polar surface area (TPSA) is 259 Å². The van der Waals surface area contributed by atoms with Crippen molar-refractivity contribution in [3.63, 3.8) is 0 Å². The maximum absolute atomic E-state index is 13.6. The number of esters is 1. The molecular formula is C90H101N9O13. The highest BCUT2D eigenvalue weighted by molar-refractivity contribution is 5.73. The lowest BCUT2D eigenvalue weighted by molar-refractivity contribution is -0.165. The molecule has 3 amide bonds. The Balaban J connectivity index is 0.000000178. The number of amides is 3. The highest BCUT2D eigenvalue weighted by Gasteiger charge is 2.42. The molecule has 11 atom stereocenters. The molecule has 0 radical (unpaired) electrons. The number of hydrogen-bond donors (Lipinski definition) is 0. The average Bonchev–Trinajstić information content (AvgIpc) is 0.829. The van der Waals surface area contributed by atoms with Gasteiger partial charge in [-0.05, 0) is 114 Å². The van der Waals surface area contributed by atoms with Crippen LogP contribution in [-0.4, -0.2) is 119 Å². The van der Waals surface area contributed by atoms with Crippen molar-refractivity contribution in [2.75, 3.05) is 19.8 Å². The molecule has 0 saturated carbocycles. The van der Waals surface area contributed by atoms with Crippen LogP contribution in [0.3, 0.4) is 0 Å². The number of benzene rings is 9. The predicted octanol–water partition coefficient (Wildman–Crippen LogP) is 19.1. The van der Waals surface area contributed by atoms with Crippen LogP contribution in [-0.2, 0) is 107 Å². The first kappa shape index (κ1) is 83.2. The number of azide groups is 2. The SMILES string of the molecule is CC1CC[C@@H]([C@H](COCc2ccccc2)N(Cc2ccccc2)C(=O)OCc2ccccc2)OC1=O.CC1O[C@H]([C@H](COCc2ccccc2)N(Cc2ccccc2)C(=O)OCc2ccccc2)CC[C@@H]1N=[N+]=[N-].CC1O[C@H]([C@H](COCc2ccccc2)N(Cc2ccccc2)C(=O)OCc2ccccc2)CC[C@H]1N=[N+]=[N-]. The van der Waals surface area contributed by atoms with Crippen molar-refractivity contribution in [1.82, 2.24) is 14.7 Å². The first-order valence-electron chi connectivity index (χ1n) is 38.4. The monoisotopic (exact) mass is 1520 g/mol. The van der Waals surface area contributed by atoms with Gasteiger partial charge >= 0.3 is 24.2 Å². The number of cyclic esters (lactones) is 1.